The van der Waals surface area contributed by atoms with Crippen molar-refractivity contribution < 1.29 is 42.6 Å². The van der Waals surface area contributed by atoms with Gasteiger partial charge < -0.3 is 20.4 Å². The van der Waals surface area contributed by atoms with Gasteiger partial charge in [-0.1, -0.05) is 142 Å². The first-order valence-corrected chi connectivity index (χ1v) is 24.0. The minimum Gasteiger partial charge on any atom is -0.507 e. The molecular formula is C54H68CrN2O5P+. The van der Waals surface area contributed by atoms with Gasteiger partial charge in [0.2, 0.25) is 0 Å². The van der Waals surface area contributed by atoms with Crippen LogP contribution in [0.2, 0.25) is 0 Å². The van der Waals surface area contributed by atoms with E-state index in [9.17, 15) is 10.2 Å². The fourth-order valence-electron chi connectivity index (χ4n) is 8.38. The number of phenolic OH excluding ortho intramolecular Hbond substituents is 2. The molecule has 1 fully saturated rings. The Hall–Kier alpha value is -4.73. The number of phenols is 2. The number of aromatic hydroxyl groups is 2. The summed E-state index contributed by atoms with van der Waals surface area (Å²) in [6, 6.07) is 41.7. The second kappa shape index (κ2) is 21.8. The summed E-state index contributed by atoms with van der Waals surface area (Å²) >= 11 is 0. The van der Waals surface area contributed by atoms with Gasteiger partial charge in [0.25, 0.3) is 0 Å². The molecule has 0 aromatic heterocycles. The number of carbonyl (C=O) groups is 1. The minimum atomic E-state index is -1.99. The van der Waals surface area contributed by atoms with Crippen LogP contribution in [-0.2, 0) is 40.0 Å². The van der Waals surface area contributed by atoms with Crippen LogP contribution in [0.4, 0.5) is 4.79 Å². The van der Waals surface area contributed by atoms with Crippen LogP contribution in [0.5, 0.6) is 11.5 Å². The van der Waals surface area contributed by atoms with Gasteiger partial charge in [0, 0.05) is 46.5 Å². The van der Waals surface area contributed by atoms with Gasteiger partial charge in [0.15, 0.2) is 0 Å². The van der Waals surface area contributed by atoms with Crippen molar-refractivity contribution in [3.05, 3.63) is 149 Å². The monoisotopic (exact) mass is 907 g/mol. The van der Waals surface area contributed by atoms with Crippen LogP contribution >= 0.6 is 7.26 Å². The SMILES string of the molecule is CC(C)(C)c1cc(C=NC2CCCCC2N=Cc2cc(C(C)(C)C)cc(C(C)(C)C)c2O)c(O)c(CCC[P+](c2ccccc2)(c2ccccc2)c2ccccc2)c1.O=C(O)O.[Cr]. The number of benzene rings is 5. The van der Waals surface area contributed by atoms with Gasteiger partial charge in [-0.2, -0.15) is 0 Å². The normalized spacial score (nSPS) is 16.0. The average molecular weight is 908 g/mol. The molecule has 0 amide bonds. The Labute approximate surface area is 388 Å². The maximum absolute atomic E-state index is 12.0. The molecule has 4 N–H and O–H groups in total. The van der Waals surface area contributed by atoms with Crippen LogP contribution in [-0.4, -0.2) is 57.3 Å². The summed E-state index contributed by atoms with van der Waals surface area (Å²) in [5.41, 5.74) is 5.47. The maximum atomic E-state index is 12.0. The third kappa shape index (κ3) is 13.2. The molecule has 9 heteroatoms. The van der Waals surface area contributed by atoms with Crippen LogP contribution in [0.3, 0.4) is 0 Å². The summed E-state index contributed by atoms with van der Waals surface area (Å²) in [6.45, 7) is 19.8. The molecule has 0 heterocycles. The second-order valence-electron chi connectivity index (χ2n) is 19.7. The van der Waals surface area contributed by atoms with Crippen LogP contribution in [0.1, 0.15) is 128 Å². The zero-order chi connectivity index (χ0) is 45.3. The molecule has 5 aromatic carbocycles. The van der Waals surface area contributed by atoms with E-state index in [-0.39, 0.29) is 45.7 Å². The van der Waals surface area contributed by atoms with Crippen LogP contribution in [0, 0.1) is 0 Å². The van der Waals surface area contributed by atoms with Gasteiger partial charge in [0.05, 0.1) is 18.2 Å². The fourth-order valence-corrected chi connectivity index (χ4v) is 12.7. The van der Waals surface area contributed by atoms with E-state index < -0.39 is 13.4 Å². The van der Waals surface area contributed by atoms with E-state index in [2.05, 4.69) is 178 Å². The van der Waals surface area contributed by atoms with Crippen molar-refractivity contribution in [1.29, 1.82) is 0 Å². The van der Waals surface area contributed by atoms with Gasteiger partial charge in [-0.3, -0.25) is 9.98 Å². The molecule has 0 bridgehead atoms. The molecule has 0 radical (unpaired) electrons. The molecule has 7 nitrogen and oxygen atoms in total. The van der Waals surface area contributed by atoms with Crippen LogP contribution in [0.15, 0.2) is 125 Å². The van der Waals surface area contributed by atoms with Crippen molar-refractivity contribution in [2.45, 2.75) is 129 Å². The van der Waals surface area contributed by atoms with Crippen molar-refractivity contribution in [2.24, 2.45) is 9.98 Å². The topological polar surface area (TPSA) is 123 Å². The molecular weight excluding hydrogens is 840 g/mol. The smallest absolute Gasteiger partial charge is 0.503 e. The third-order valence-corrected chi connectivity index (χ3v) is 16.5. The van der Waals surface area contributed by atoms with E-state index >= 15 is 0 Å². The molecule has 334 valence electrons. The molecule has 6 rings (SSSR count). The molecule has 1 aliphatic carbocycles. The van der Waals surface area contributed by atoms with Gasteiger partial charge >= 0.3 is 6.16 Å². The molecule has 0 saturated heterocycles. The van der Waals surface area contributed by atoms with Gasteiger partial charge in [0.1, 0.15) is 34.7 Å². The molecule has 1 saturated carbocycles. The van der Waals surface area contributed by atoms with Crippen LogP contribution in [0.25, 0.3) is 0 Å². The largest absolute Gasteiger partial charge is 0.507 e. The molecule has 5 aromatic rings. The predicted molar refractivity (Wildman–Crippen MR) is 263 cm³/mol. The molecule has 1 aliphatic rings. The van der Waals surface area contributed by atoms with E-state index in [1.165, 1.54) is 27.0 Å². The van der Waals surface area contributed by atoms with Crippen molar-refractivity contribution in [3.8, 4) is 11.5 Å². The van der Waals surface area contributed by atoms with E-state index in [0.29, 0.717) is 11.5 Å². The molecule has 2 atom stereocenters. The van der Waals surface area contributed by atoms with E-state index in [1.807, 2.05) is 12.4 Å². The van der Waals surface area contributed by atoms with E-state index in [1.54, 1.807) is 0 Å². The number of aryl methyl sites for hydroxylation is 1. The molecule has 0 spiro atoms. The summed E-state index contributed by atoms with van der Waals surface area (Å²) in [5, 5.41) is 41.5. The number of rotatable bonds is 11. The summed E-state index contributed by atoms with van der Waals surface area (Å²) in [7, 11) is -1.99. The Kier molecular flexibility index (Phi) is 17.6. The van der Waals surface area contributed by atoms with Crippen molar-refractivity contribution in [3.63, 3.8) is 0 Å². The first-order valence-electron chi connectivity index (χ1n) is 22.0. The Morgan fingerprint density at radius 1 is 0.603 bits per heavy atom. The number of carboxylic acid groups (broad SMARTS) is 2. The number of hydrogen-bond donors (Lipinski definition) is 4. The van der Waals surface area contributed by atoms with E-state index in [4.69, 9.17) is 25.0 Å². The quantitative estimate of drug-likeness (QED) is 0.0776. The van der Waals surface area contributed by atoms with Crippen molar-refractivity contribution in [1.82, 2.24) is 0 Å². The zero-order valence-corrected chi connectivity index (χ0v) is 40.8. The summed E-state index contributed by atoms with van der Waals surface area (Å²) in [6.07, 6.45) is 8.72. The Morgan fingerprint density at radius 3 is 1.37 bits per heavy atom. The Morgan fingerprint density at radius 2 is 0.984 bits per heavy atom. The van der Waals surface area contributed by atoms with Crippen molar-refractivity contribution >= 4 is 41.8 Å². The standard InChI is InChI=1S/C53H65N2O2P.CH2O3.Cr/c1-51(2,3)41-32-38(22-21-31-58(43-23-13-10-14-24-43,44-25-15-11-16-26-44)45-27-17-12-18-28-45)49(56)39(33-41)36-54-47-29-19-20-30-48(47)55-37-40-34-42(52(4,5)6)35-46(50(40)57)53(7,8)9;2-1(3)4;/h10-18,23-28,32-37,47-48H,19-22,29-31H2,1-9H3,(H-,54,55,56,57);(H2,2,3,4);/p+1. The van der Waals surface area contributed by atoms with Crippen molar-refractivity contribution in [2.75, 3.05) is 6.16 Å². The van der Waals surface area contributed by atoms with Gasteiger partial charge in [-0.05, 0) is 107 Å². The van der Waals surface area contributed by atoms with Gasteiger partial charge in [-0.15, -0.1) is 0 Å². The van der Waals surface area contributed by atoms with Crippen LogP contribution < -0.4 is 15.9 Å². The minimum absolute atomic E-state index is 0. The Bertz CT molecular complexity index is 2210. The number of nitrogens with zero attached hydrogens (tertiary/aromatic N) is 2. The number of aliphatic imine (C=N–C) groups is 2. The van der Waals surface area contributed by atoms with Gasteiger partial charge in [-0.25, -0.2) is 4.79 Å². The summed E-state index contributed by atoms with van der Waals surface area (Å²) in [4.78, 5) is 18.9. The Balaban J connectivity index is 0.00000167. The average Bonchev–Trinajstić information content (AvgIpc) is 3.22. The molecule has 0 aliphatic heterocycles. The molecule has 2 unspecified atom stereocenters. The zero-order valence-electron chi connectivity index (χ0n) is 38.7. The second-order valence-corrected chi connectivity index (χ2v) is 23.3. The predicted octanol–water partition coefficient (Wildman–Crippen LogP) is 12.0. The van der Waals surface area contributed by atoms with E-state index in [0.717, 1.165) is 66.9 Å². The fraction of sp³-hybridized carbons (Fsp3) is 0.389. The number of hydrogen-bond acceptors (Lipinski definition) is 5. The summed E-state index contributed by atoms with van der Waals surface area (Å²) < 4.78 is 0. The first-order chi connectivity index (χ1) is 29.2. The maximum Gasteiger partial charge on any atom is 0.503 e. The molecule has 63 heavy (non-hydrogen) atoms. The first kappa shape index (κ1) is 50.9. The summed E-state index contributed by atoms with van der Waals surface area (Å²) in [5.74, 6) is 0.640. The third-order valence-electron chi connectivity index (χ3n) is 11.9.